The summed E-state index contributed by atoms with van der Waals surface area (Å²) in [6, 6.07) is 18.1. The van der Waals surface area contributed by atoms with Crippen LogP contribution in [0.25, 0.3) is 11.1 Å². The summed E-state index contributed by atoms with van der Waals surface area (Å²) in [6.45, 7) is 0. The molecule has 1 saturated heterocycles. The number of ketones is 1. The van der Waals surface area contributed by atoms with Gasteiger partial charge in [-0.15, -0.1) is 11.8 Å². The van der Waals surface area contributed by atoms with Crippen LogP contribution in [0.4, 0.5) is 0 Å². The second kappa shape index (κ2) is 7.80. The number of aliphatic hydroxyl groups is 1. The molecule has 1 aliphatic heterocycles. The molecule has 2 atom stereocenters. The molecule has 0 aliphatic carbocycles. The lowest BCUT2D eigenvalue weighted by molar-refractivity contribution is 0.0979. The minimum absolute atomic E-state index is 0.193. The van der Waals surface area contributed by atoms with Gasteiger partial charge in [0.1, 0.15) is 0 Å². The molecule has 2 aromatic carbocycles. The lowest BCUT2D eigenvalue weighted by Crippen LogP contribution is -2.02. The van der Waals surface area contributed by atoms with E-state index < -0.39 is 0 Å². The number of hydrogen-bond acceptors (Lipinski definition) is 3. The zero-order valence-electron chi connectivity index (χ0n) is 13.2. The summed E-state index contributed by atoms with van der Waals surface area (Å²) in [5, 5.41) is 10.0. The van der Waals surface area contributed by atoms with E-state index in [0.717, 1.165) is 36.8 Å². The summed E-state index contributed by atoms with van der Waals surface area (Å²) in [5.74, 6) is 0.216. The minimum atomic E-state index is -0.193. The Balaban J connectivity index is 1.51. The Morgan fingerprint density at radius 2 is 1.70 bits per heavy atom. The molecule has 0 saturated carbocycles. The van der Waals surface area contributed by atoms with Gasteiger partial charge >= 0.3 is 0 Å². The van der Waals surface area contributed by atoms with Gasteiger partial charge in [-0.05, 0) is 36.8 Å². The number of hydrogen-bond donors (Lipinski definition) is 1. The van der Waals surface area contributed by atoms with Crippen LogP contribution in [0.2, 0.25) is 0 Å². The molecule has 3 heteroatoms. The number of Topliss-reactive ketones (excluding diaryl/α,β-unsaturated/α-hetero) is 1. The van der Waals surface area contributed by atoms with E-state index in [1.165, 1.54) is 5.56 Å². The lowest BCUT2D eigenvalue weighted by Gasteiger charge is -2.08. The molecule has 2 aromatic rings. The zero-order chi connectivity index (χ0) is 16.1. The Hall–Kier alpha value is -1.58. The highest BCUT2D eigenvalue weighted by Crippen LogP contribution is 2.34. The van der Waals surface area contributed by atoms with E-state index >= 15 is 0 Å². The van der Waals surface area contributed by atoms with E-state index in [1.54, 1.807) is 11.8 Å². The third kappa shape index (κ3) is 4.46. The van der Waals surface area contributed by atoms with E-state index in [4.69, 9.17) is 0 Å². The van der Waals surface area contributed by atoms with Crippen LogP contribution >= 0.6 is 11.8 Å². The van der Waals surface area contributed by atoms with Gasteiger partial charge in [0.25, 0.3) is 0 Å². The molecular weight excluding hydrogens is 304 g/mol. The van der Waals surface area contributed by atoms with Gasteiger partial charge in [-0.3, -0.25) is 4.79 Å². The van der Waals surface area contributed by atoms with Crippen molar-refractivity contribution in [1.29, 1.82) is 0 Å². The topological polar surface area (TPSA) is 37.3 Å². The molecule has 2 nitrogen and oxygen atoms in total. The molecule has 0 radical (unpaired) electrons. The fourth-order valence-corrected chi connectivity index (χ4v) is 4.30. The quantitative estimate of drug-likeness (QED) is 0.766. The SMILES string of the molecule is O=C(CCC[C@@H]1CCC(O)S1)c1ccc(-c2ccccc2)cc1. The zero-order valence-corrected chi connectivity index (χ0v) is 14.0. The van der Waals surface area contributed by atoms with Crippen molar-refractivity contribution >= 4 is 17.5 Å². The Morgan fingerprint density at radius 3 is 2.35 bits per heavy atom. The molecule has 1 unspecified atom stereocenters. The maximum atomic E-state index is 12.3. The molecule has 0 spiro atoms. The van der Waals surface area contributed by atoms with Gasteiger partial charge in [-0.1, -0.05) is 54.6 Å². The van der Waals surface area contributed by atoms with Crippen molar-refractivity contribution in [1.82, 2.24) is 0 Å². The normalized spacial score (nSPS) is 20.6. The first-order valence-corrected chi connectivity index (χ1v) is 9.19. The summed E-state index contributed by atoms with van der Waals surface area (Å²) in [6.07, 6.45) is 4.49. The standard InChI is InChI=1S/C20H22O2S/c21-19(8-4-7-18-13-14-20(22)23-18)17-11-9-16(10-12-17)15-5-2-1-3-6-15/h1-3,5-6,9-12,18,20,22H,4,7-8,13-14H2/t18-,20?/m1/s1. The van der Waals surface area contributed by atoms with Gasteiger partial charge in [-0.25, -0.2) is 0 Å². The van der Waals surface area contributed by atoms with E-state index in [-0.39, 0.29) is 11.2 Å². The average molecular weight is 326 g/mol. The molecule has 3 rings (SSSR count). The summed E-state index contributed by atoms with van der Waals surface area (Å²) >= 11 is 1.66. The van der Waals surface area contributed by atoms with Crippen LogP contribution in [0.1, 0.15) is 42.5 Å². The van der Waals surface area contributed by atoms with E-state index in [9.17, 15) is 9.90 Å². The third-order valence-corrected chi connectivity index (χ3v) is 5.74. The van der Waals surface area contributed by atoms with Crippen LogP contribution in [0.15, 0.2) is 54.6 Å². The molecule has 1 N–H and O–H groups in total. The highest BCUT2D eigenvalue weighted by atomic mass is 32.2. The second-order valence-electron chi connectivity index (χ2n) is 6.05. The largest absolute Gasteiger partial charge is 0.382 e. The second-order valence-corrected chi connectivity index (χ2v) is 7.53. The number of aliphatic hydroxyl groups excluding tert-OH is 1. The molecule has 120 valence electrons. The highest BCUT2D eigenvalue weighted by molar-refractivity contribution is 8.00. The van der Waals surface area contributed by atoms with Crippen molar-refractivity contribution < 1.29 is 9.90 Å². The van der Waals surface area contributed by atoms with Gasteiger partial charge in [0, 0.05) is 17.2 Å². The van der Waals surface area contributed by atoms with E-state index in [1.807, 2.05) is 42.5 Å². The summed E-state index contributed by atoms with van der Waals surface area (Å²) in [4.78, 5) is 12.3. The van der Waals surface area contributed by atoms with Gasteiger partial charge in [0.05, 0.1) is 5.44 Å². The fourth-order valence-electron chi connectivity index (χ4n) is 3.01. The molecular formula is C20H22O2S. The van der Waals surface area contributed by atoms with Crippen LogP contribution in [-0.4, -0.2) is 21.6 Å². The van der Waals surface area contributed by atoms with E-state index in [0.29, 0.717) is 11.7 Å². The van der Waals surface area contributed by atoms with Crippen LogP contribution < -0.4 is 0 Å². The van der Waals surface area contributed by atoms with Crippen LogP contribution in [0, 0.1) is 0 Å². The van der Waals surface area contributed by atoms with Gasteiger partial charge in [-0.2, -0.15) is 0 Å². The lowest BCUT2D eigenvalue weighted by atomic mass is 10.00. The van der Waals surface area contributed by atoms with Crippen molar-refractivity contribution in [3.63, 3.8) is 0 Å². The maximum Gasteiger partial charge on any atom is 0.162 e. The average Bonchev–Trinajstić information content (AvgIpc) is 3.01. The fraction of sp³-hybridized carbons (Fsp3) is 0.350. The van der Waals surface area contributed by atoms with Crippen LogP contribution in [0.3, 0.4) is 0 Å². The van der Waals surface area contributed by atoms with Crippen molar-refractivity contribution in [3.8, 4) is 11.1 Å². The number of carbonyl (C=O) groups excluding carboxylic acids is 1. The molecule has 0 bridgehead atoms. The first-order valence-electron chi connectivity index (χ1n) is 8.24. The van der Waals surface area contributed by atoms with Crippen molar-refractivity contribution in [2.75, 3.05) is 0 Å². The van der Waals surface area contributed by atoms with Gasteiger partial charge in [0.2, 0.25) is 0 Å². The summed E-state index contributed by atoms with van der Waals surface area (Å²) in [5.41, 5.74) is 2.91. The van der Waals surface area contributed by atoms with Crippen molar-refractivity contribution in [3.05, 3.63) is 60.2 Å². The smallest absolute Gasteiger partial charge is 0.162 e. The Bertz CT molecular complexity index is 636. The number of thioether (sulfide) groups is 1. The summed E-state index contributed by atoms with van der Waals surface area (Å²) in [7, 11) is 0. The summed E-state index contributed by atoms with van der Waals surface area (Å²) < 4.78 is 0. The maximum absolute atomic E-state index is 12.3. The highest BCUT2D eigenvalue weighted by Gasteiger charge is 2.23. The van der Waals surface area contributed by atoms with Gasteiger partial charge in [0.15, 0.2) is 5.78 Å². The molecule has 1 fully saturated rings. The molecule has 0 amide bonds. The number of rotatable bonds is 6. The van der Waals surface area contributed by atoms with Crippen molar-refractivity contribution in [2.45, 2.75) is 42.8 Å². The number of benzene rings is 2. The van der Waals surface area contributed by atoms with E-state index in [2.05, 4.69) is 12.1 Å². The van der Waals surface area contributed by atoms with Crippen molar-refractivity contribution in [2.24, 2.45) is 0 Å². The first-order chi connectivity index (χ1) is 11.2. The van der Waals surface area contributed by atoms with Crippen LogP contribution in [0.5, 0.6) is 0 Å². The first kappa shape index (κ1) is 16.3. The molecule has 0 aromatic heterocycles. The molecule has 23 heavy (non-hydrogen) atoms. The number of carbonyl (C=O) groups is 1. The molecule has 1 aliphatic rings. The molecule has 1 heterocycles. The Morgan fingerprint density at radius 1 is 1.00 bits per heavy atom. The monoisotopic (exact) mass is 326 g/mol. The van der Waals surface area contributed by atoms with Gasteiger partial charge < -0.3 is 5.11 Å². The predicted molar refractivity (Wildman–Crippen MR) is 96.7 cm³/mol. The third-order valence-electron chi connectivity index (χ3n) is 4.33. The minimum Gasteiger partial charge on any atom is -0.382 e. The predicted octanol–water partition coefficient (Wildman–Crippen LogP) is 4.92. The Kier molecular flexibility index (Phi) is 5.52. The van der Waals surface area contributed by atoms with Crippen LogP contribution in [-0.2, 0) is 0 Å². The Labute approximate surface area is 141 Å².